The topological polar surface area (TPSA) is 104 Å². The number of nitrogens with one attached hydrogen (secondary N) is 1. The number of aromatic amines is 1. The number of aromatic hydroxyl groups is 1. The summed E-state index contributed by atoms with van der Waals surface area (Å²) < 4.78 is 0. The molecule has 0 saturated heterocycles. The first kappa shape index (κ1) is 22.0. The van der Waals surface area contributed by atoms with Crippen molar-refractivity contribution in [3.05, 3.63) is 117 Å². The van der Waals surface area contributed by atoms with Crippen molar-refractivity contribution in [2.75, 3.05) is 0 Å². The summed E-state index contributed by atoms with van der Waals surface area (Å²) in [5.41, 5.74) is 5.98. The summed E-state index contributed by atoms with van der Waals surface area (Å²) >= 11 is 0. The molecule has 0 amide bonds. The molecule has 0 spiro atoms. The third kappa shape index (κ3) is 4.65. The molecule has 0 aliphatic carbocycles. The maximum Gasteiger partial charge on any atom is 0.311 e. The number of nitro benzene ring substituents is 1. The van der Waals surface area contributed by atoms with E-state index in [2.05, 4.69) is 15.0 Å². The number of phenols is 1. The molecule has 0 bridgehead atoms. The van der Waals surface area contributed by atoms with Crippen molar-refractivity contribution < 1.29 is 10.0 Å². The number of rotatable bonds is 6. The second kappa shape index (κ2) is 9.23. The van der Waals surface area contributed by atoms with E-state index < -0.39 is 10.7 Å². The number of para-hydroxylation sites is 2. The van der Waals surface area contributed by atoms with Crippen LogP contribution < -0.4 is 0 Å². The number of H-pyrrole nitrogens is 1. The minimum atomic E-state index is -0.575. The van der Waals surface area contributed by atoms with Gasteiger partial charge in [0.05, 0.1) is 21.6 Å². The van der Waals surface area contributed by atoms with Crippen LogP contribution in [0.5, 0.6) is 5.75 Å². The van der Waals surface area contributed by atoms with Crippen LogP contribution >= 0.6 is 0 Å². The number of nitro groups is 1. The average Bonchev–Trinajstić information content (AvgIpc) is 3.30. The highest BCUT2D eigenvalue weighted by molar-refractivity contribution is 5.88. The smallest absolute Gasteiger partial charge is 0.311 e. The Bertz CT molecular complexity index is 1540. The van der Waals surface area contributed by atoms with Gasteiger partial charge in [0, 0.05) is 23.4 Å². The number of imidazole rings is 1. The summed E-state index contributed by atoms with van der Waals surface area (Å²) in [6.45, 7) is 1.93. The summed E-state index contributed by atoms with van der Waals surface area (Å²) in [7, 11) is 0. The lowest BCUT2D eigenvalue weighted by molar-refractivity contribution is -0.385. The van der Waals surface area contributed by atoms with Crippen LogP contribution in [-0.4, -0.2) is 26.2 Å². The van der Waals surface area contributed by atoms with Crippen LogP contribution in [0.15, 0.2) is 89.9 Å². The third-order valence-electron chi connectivity index (χ3n) is 5.84. The molecule has 0 unspecified atom stereocenters. The standard InChI is InChI=1S/C28H22N4O3/c1-18-11-12-21(28-30-23-9-5-6-10-24(23)31-28)16-25(18)29-17-22-14-20(13-19-7-3-2-4-8-19)15-26(27(22)33)32(34)35/h2-12,14-17,33H,13H2,1H3,(H,30,31). The molecule has 0 aliphatic heterocycles. The van der Waals surface area contributed by atoms with E-state index in [1.807, 2.05) is 79.7 Å². The fraction of sp³-hybridized carbons (Fsp3) is 0.0714. The van der Waals surface area contributed by atoms with Crippen LogP contribution in [0.25, 0.3) is 22.4 Å². The number of aryl methyl sites for hydroxylation is 1. The van der Waals surface area contributed by atoms with Crippen LogP contribution in [0.1, 0.15) is 22.3 Å². The molecular weight excluding hydrogens is 440 g/mol. The van der Waals surface area contributed by atoms with Crippen molar-refractivity contribution in [1.82, 2.24) is 9.97 Å². The highest BCUT2D eigenvalue weighted by Crippen LogP contribution is 2.32. The molecule has 4 aromatic carbocycles. The molecule has 0 atom stereocenters. The van der Waals surface area contributed by atoms with Gasteiger partial charge in [0.15, 0.2) is 0 Å². The van der Waals surface area contributed by atoms with E-state index in [1.54, 1.807) is 6.07 Å². The monoisotopic (exact) mass is 462 g/mol. The number of aromatic nitrogens is 2. The number of fused-ring (bicyclic) bond motifs is 1. The Balaban J connectivity index is 1.51. The molecule has 0 saturated carbocycles. The lowest BCUT2D eigenvalue weighted by Gasteiger charge is -2.07. The maximum absolute atomic E-state index is 11.6. The zero-order chi connectivity index (χ0) is 24.4. The van der Waals surface area contributed by atoms with Crippen molar-refractivity contribution >= 4 is 28.6 Å². The quantitative estimate of drug-likeness (QED) is 0.171. The van der Waals surface area contributed by atoms with Gasteiger partial charge in [-0.25, -0.2) is 4.98 Å². The highest BCUT2D eigenvalue weighted by Gasteiger charge is 2.18. The normalized spacial score (nSPS) is 11.3. The molecule has 35 heavy (non-hydrogen) atoms. The van der Waals surface area contributed by atoms with E-state index in [-0.39, 0.29) is 5.69 Å². The fourth-order valence-corrected chi connectivity index (χ4v) is 4.00. The van der Waals surface area contributed by atoms with Gasteiger partial charge in [-0.3, -0.25) is 15.1 Å². The molecule has 172 valence electrons. The Labute approximate surface area is 201 Å². The Morgan fingerprint density at radius 1 is 1.00 bits per heavy atom. The van der Waals surface area contributed by atoms with Gasteiger partial charge in [-0.15, -0.1) is 0 Å². The van der Waals surface area contributed by atoms with E-state index in [9.17, 15) is 15.2 Å². The van der Waals surface area contributed by atoms with Gasteiger partial charge in [-0.05, 0) is 54.3 Å². The molecule has 7 heteroatoms. The SMILES string of the molecule is Cc1ccc(-c2nc3ccccc3[nH]2)cc1N=Cc1cc(Cc2ccccc2)cc([N+](=O)[O-])c1O. The first-order valence-corrected chi connectivity index (χ1v) is 11.1. The van der Waals surface area contributed by atoms with Crippen molar-refractivity contribution in [2.45, 2.75) is 13.3 Å². The second-order valence-corrected chi connectivity index (χ2v) is 8.33. The Kier molecular flexibility index (Phi) is 5.81. The molecule has 0 fully saturated rings. The maximum atomic E-state index is 11.6. The molecule has 0 aliphatic rings. The number of phenolic OH excluding ortho intramolecular Hbond substituents is 1. The molecule has 1 heterocycles. The predicted molar refractivity (Wildman–Crippen MR) is 138 cm³/mol. The lowest BCUT2D eigenvalue weighted by atomic mass is 10.0. The molecule has 0 radical (unpaired) electrons. The highest BCUT2D eigenvalue weighted by atomic mass is 16.6. The number of nitrogens with zero attached hydrogens (tertiary/aromatic N) is 3. The van der Waals surface area contributed by atoms with Gasteiger partial charge >= 0.3 is 5.69 Å². The van der Waals surface area contributed by atoms with Gasteiger partial charge in [-0.2, -0.15) is 0 Å². The van der Waals surface area contributed by atoms with E-state index in [4.69, 9.17) is 0 Å². The van der Waals surface area contributed by atoms with Gasteiger partial charge in [0.25, 0.3) is 0 Å². The Morgan fingerprint density at radius 2 is 1.77 bits per heavy atom. The van der Waals surface area contributed by atoms with Crippen molar-refractivity contribution in [3.8, 4) is 17.1 Å². The summed E-state index contributed by atoms with van der Waals surface area (Å²) in [5, 5.41) is 22.1. The van der Waals surface area contributed by atoms with E-state index >= 15 is 0 Å². The van der Waals surface area contributed by atoms with Crippen LogP contribution in [0.3, 0.4) is 0 Å². The zero-order valence-corrected chi connectivity index (χ0v) is 19.0. The van der Waals surface area contributed by atoms with Crippen LogP contribution in [0.4, 0.5) is 11.4 Å². The summed E-state index contributed by atoms with van der Waals surface area (Å²) in [5.74, 6) is 0.327. The van der Waals surface area contributed by atoms with Crippen molar-refractivity contribution in [3.63, 3.8) is 0 Å². The minimum Gasteiger partial charge on any atom is -0.502 e. The number of hydrogen-bond acceptors (Lipinski definition) is 5. The second-order valence-electron chi connectivity index (χ2n) is 8.33. The lowest BCUT2D eigenvalue weighted by Crippen LogP contribution is -1.97. The largest absolute Gasteiger partial charge is 0.502 e. The van der Waals surface area contributed by atoms with Crippen LogP contribution in [0, 0.1) is 17.0 Å². The van der Waals surface area contributed by atoms with Gasteiger partial charge in [-0.1, -0.05) is 54.6 Å². The zero-order valence-electron chi connectivity index (χ0n) is 19.0. The molecule has 5 aromatic rings. The summed E-state index contributed by atoms with van der Waals surface area (Å²) in [6.07, 6.45) is 1.98. The molecule has 7 nitrogen and oxygen atoms in total. The summed E-state index contributed by atoms with van der Waals surface area (Å²) in [6, 6.07) is 26.4. The average molecular weight is 463 g/mol. The van der Waals surface area contributed by atoms with E-state index in [0.717, 1.165) is 39.1 Å². The first-order chi connectivity index (χ1) is 17.0. The number of benzene rings is 4. The Hall–Kier alpha value is -4.78. The number of aliphatic imine (C=N–C) groups is 1. The van der Waals surface area contributed by atoms with Crippen LogP contribution in [0.2, 0.25) is 0 Å². The fourth-order valence-electron chi connectivity index (χ4n) is 4.00. The van der Waals surface area contributed by atoms with E-state index in [0.29, 0.717) is 17.7 Å². The molecule has 2 N–H and O–H groups in total. The summed E-state index contributed by atoms with van der Waals surface area (Å²) in [4.78, 5) is 23.5. The van der Waals surface area contributed by atoms with Crippen molar-refractivity contribution in [2.24, 2.45) is 4.99 Å². The first-order valence-electron chi connectivity index (χ1n) is 11.1. The third-order valence-corrected chi connectivity index (χ3v) is 5.84. The van der Waals surface area contributed by atoms with Gasteiger partial charge in [0.2, 0.25) is 5.75 Å². The van der Waals surface area contributed by atoms with Crippen molar-refractivity contribution in [1.29, 1.82) is 0 Å². The molecular formula is C28H22N4O3. The Morgan fingerprint density at radius 3 is 2.54 bits per heavy atom. The van der Waals surface area contributed by atoms with E-state index in [1.165, 1.54) is 12.3 Å². The minimum absolute atomic E-state index is 0.290. The van der Waals surface area contributed by atoms with Crippen LogP contribution in [-0.2, 0) is 6.42 Å². The number of hydrogen-bond donors (Lipinski definition) is 2. The van der Waals surface area contributed by atoms with Gasteiger partial charge < -0.3 is 10.1 Å². The molecule has 5 rings (SSSR count). The van der Waals surface area contributed by atoms with Gasteiger partial charge in [0.1, 0.15) is 5.82 Å². The predicted octanol–water partition coefficient (Wildman–Crippen LogP) is 6.49. The molecule has 1 aromatic heterocycles.